The Morgan fingerprint density at radius 1 is 1.00 bits per heavy atom. The van der Waals surface area contributed by atoms with Crippen LogP contribution in [-0.4, -0.2) is 63.2 Å². The van der Waals surface area contributed by atoms with Crippen LogP contribution in [0.1, 0.15) is 10.4 Å². The lowest BCUT2D eigenvalue weighted by Gasteiger charge is -2.34. The van der Waals surface area contributed by atoms with Gasteiger partial charge in [-0.25, -0.2) is 4.68 Å². The van der Waals surface area contributed by atoms with E-state index >= 15 is 0 Å². The van der Waals surface area contributed by atoms with Crippen molar-refractivity contribution in [3.8, 4) is 0 Å². The Balaban J connectivity index is 1.41. The quantitative estimate of drug-likeness (QED) is 0.715. The number of nitrogens with zero attached hydrogens (tertiary/aromatic N) is 4. The molecule has 3 aromatic rings. The molecular weight excluding hydrogens is 358 g/mol. The zero-order valence-corrected chi connectivity index (χ0v) is 15.4. The Labute approximate surface area is 161 Å². The average molecular weight is 379 g/mol. The van der Waals surface area contributed by atoms with Crippen LogP contribution in [0.4, 0.5) is 0 Å². The predicted molar refractivity (Wildman–Crippen MR) is 105 cm³/mol. The number of pyridine rings is 1. The van der Waals surface area contributed by atoms with Crippen molar-refractivity contribution < 1.29 is 4.79 Å². The van der Waals surface area contributed by atoms with Crippen molar-refractivity contribution >= 4 is 16.8 Å². The average Bonchev–Trinajstić information content (AvgIpc) is 2.72. The molecule has 1 aliphatic rings. The highest BCUT2D eigenvalue weighted by Gasteiger charge is 2.23. The second kappa shape index (κ2) is 7.77. The maximum atomic E-state index is 13.0. The lowest BCUT2D eigenvalue weighted by Crippen LogP contribution is -2.49. The number of benzene rings is 1. The third-order valence-corrected chi connectivity index (χ3v) is 5.05. The molecule has 0 aliphatic carbocycles. The molecule has 8 nitrogen and oxygen atoms in total. The monoisotopic (exact) mass is 379 g/mol. The molecule has 0 unspecified atom stereocenters. The summed E-state index contributed by atoms with van der Waals surface area (Å²) in [7, 11) is 0. The number of aromatic nitrogens is 3. The van der Waals surface area contributed by atoms with Gasteiger partial charge in [0, 0.05) is 62.0 Å². The summed E-state index contributed by atoms with van der Waals surface area (Å²) in [5.74, 6) is -0.122. The fourth-order valence-corrected chi connectivity index (χ4v) is 3.52. The summed E-state index contributed by atoms with van der Waals surface area (Å²) in [6, 6.07) is 11.8. The summed E-state index contributed by atoms with van der Waals surface area (Å²) in [6.45, 7) is 3.82. The number of rotatable bonds is 4. The molecule has 1 N–H and O–H groups in total. The number of piperazine rings is 1. The van der Waals surface area contributed by atoms with Gasteiger partial charge in [0.15, 0.2) is 0 Å². The van der Waals surface area contributed by atoms with E-state index in [0.29, 0.717) is 50.3 Å². The van der Waals surface area contributed by atoms with Gasteiger partial charge in [-0.15, -0.1) is 0 Å². The summed E-state index contributed by atoms with van der Waals surface area (Å²) in [6.07, 6.45) is 1.60. The third-order valence-electron chi connectivity index (χ3n) is 5.05. The summed E-state index contributed by atoms with van der Waals surface area (Å²) in [5, 5.41) is 4.82. The molecule has 0 radical (unpaired) electrons. The predicted octanol–water partition coefficient (Wildman–Crippen LogP) is 0.543. The van der Waals surface area contributed by atoms with Gasteiger partial charge >= 0.3 is 0 Å². The highest BCUT2D eigenvalue weighted by Crippen LogP contribution is 2.17. The normalized spacial score (nSPS) is 15.1. The van der Waals surface area contributed by atoms with E-state index in [4.69, 9.17) is 0 Å². The van der Waals surface area contributed by atoms with Crippen LogP contribution in [0.25, 0.3) is 10.9 Å². The first-order valence-corrected chi connectivity index (χ1v) is 9.28. The van der Waals surface area contributed by atoms with E-state index in [1.165, 1.54) is 16.8 Å². The van der Waals surface area contributed by atoms with Crippen molar-refractivity contribution in [1.82, 2.24) is 24.6 Å². The van der Waals surface area contributed by atoms with E-state index in [-0.39, 0.29) is 17.0 Å². The van der Waals surface area contributed by atoms with Crippen molar-refractivity contribution in [3.05, 3.63) is 74.9 Å². The summed E-state index contributed by atoms with van der Waals surface area (Å²) in [4.78, 5) is 43.4. The van der Waals surface area contributed by atoms with Crippen LogP contribution < -0.4 is 11.1 Å². The minimum atomic E-state index is -0.276. The van der Waals surface area contributed by atoms with Gasteiger partial charge in [0.1, 0.15) is 0 Å². The van der Waals surface area contributed by atoms with Gasteiger partial charge in [0.2, 0.25) is 5.56 Å². The highest BCUT2D eigenvalue weighted by atomic mass is 16.2. The Morgan fingerprint density at radius 3 is 2.57 bits per heavy atom. The first-order chi connectivity index (χ1) is 13.6. The molecule has 1 aliphatic heterocycles. The number of H-pyrrole nitrogens is 1. The number of aromatic amines is 1. The summed E-state index contributed by atoms with van der Waals surface area (Å²) in [5.41, 5.74) is 0.713. The van der Waals surface area contributed by atoms with E-state index in [1.54, 1.807) is 23.2 Å². The summed E-state index contributed by atoms with van der Waals surface area (Å²) >= 11 is 0. The van der Waals surface area contributed by atoms with Crippen LogP contribution in [-0.2, 0) is 6.54 Å². The van der Waals surface area contributed by atoms with Crippen LogP contribution in [0.2, 0.25) is 0 Å². The first kappa shape index (κ1) is 18.1. The molecule has 0 spiro atoms. The molecule has 28 heavy (non-hydrogen) atoms. The molecule has 0 bridgehead atoms. The molecule has 4 rings (SSSR count). The first-order valence-electron chi connectivity index (χ1n) is 9.28. The van der Waals surface area contributed by atoms with Crippen LogP contribution >= 0.6 is 0 Å². The molecule has 1 aromatic carbocycles. The van der Waals surface area contributed by atoms with Gasteiger partial charge in [-0.1, -0.05) is 18.2 Å². The van der Waals surface area contributed by atoms with Gasteiger partial charge < -0.3 is 9.88 Å². The van der Waals surface area contributed by atoms with Gasteiger partial charge in [-0.2, -0.15) is 5.10 Å². The highest BCUT2D eigenvalue weighted by molar-refractivity contribution is 6.05. The van der Waals surface area contributed by atoms with E-state index in [1.807, 2.05) is 18.2 Å². The Bertz CT molecular complexity index is 1110. The zero-order chi connectivity index (χ0) is 19.5. The Morgan fingerprint density at radius 2 is 1.79 bits per heavy atom. The number of amides is 1. The lowest BCUT2D eigenvalue weighted by atomic mass is 10.1. The minimum Gasteiger partial charge on any atom is -0.336 e. The molecule has 1 fully saturated rings. The van der Waals surface area contributed by atoms with Crippen molar-refractivity contribution in [2.24, 2.45) is 0 Å². The maximum Gasteiger partial charge on any atom is 0.266 e. The van der Waals surface area contributed by atoms with E-state index in [9.17, 15) is 14.4 Å². The number of carbonyl (C=O) groups is 1. The number of nitrogens with one attached hydrogen (secondary N) is 1. The number of hydrogen-bond donors (Lipinski definition) is 1. The third kappa shape index (κ3) is 3.72. The molecule has 1 amide bonds. The Kier molecular flexibility index (Phi) is 5.03. The minimum absolute atomic E-state index is 0.113. The molecular formula is C20H21N5O3. The van der Waals surface area contributed by atoms with Crippen molar-refractivity contribution in [1.29, 1.82) is 0 Å². The van der Waals surface area contributed by atoms with Crippen LogP contribution in [0.3, 0.4) is 0 Å². The topological polar surface area (TPSA) is 91.3 Å². The Hall–Kier alpha value is -3.26. The maximum absolute atomic E-state index is 13.0. The molecule has 1 saturated heterocycles. The molecule has 3 heterocycles. The number of para-hydroxylation sites is 1. The van der Waals surface area contributed by atoms with E-state index in [0.717, 1.165) is 5.39 Å². The van der Waals surface area contributed by atoms with Crippen molar-refractivity contribution in [3.63, 3.8) is 0 Å². The van der Waals surface area contributed by atoms with E-state index in [2.05, 4.69) is 15.0 Å². The molecule has 8 heteroatoms. The number of hydrogen-bond acceptors (Lipinski definition) is 5. The zero-order valence-electron chi connectivity index (χ0n) is 15.4. The van der Waals surface area contributed by atoms with Crippen LogP contribution in [0.5, 0.6) is 0 Å². The van der Waals surface area contributed by atoms with Crippen LogP contribution in [0, 0.1) is 0 Å². The second-order valence-electron chi connectivity index (χ2n) is 6.81. The van der Waals surface area contributed by atoms with Gasteiger partial charge in [0.25, 0.3) is 11.5 Å². The number of carbonyl (C=O) groups excluding carboxylic acids is 1. The van der Waals surface area contributed by atoms with E-state index < -0.39 is 0 Å². The molecule has 0 atom stereocenters. The number of fused-ring (bicyclic) bond motifs is 1. The fourth-order valence-electron chi connectivity index (χ4n) is 3.52. The summed E-state index contributed by atoms with van der Waals surface area (Å²) < 4.78 is 1.44. The van der Waals surface area contributed by atoms with Crippen molar-refractivity contribution in [2.45, 2.75) is 6.54 Å². The van der Waals surface area contributed by atoms with Crippen LogP contribution in [0.15, 0.2) is 58.3 Å². The van der Waals surface area contributed by atoms with Gasteiger partial charge in [0.05, 0.1) is 12.1 Å². The van der Waals surface area contributed by atoms with Gasteiger partial charge in [-0.3, -0.25) is 19.3 Å². The smallest absolute Gasteiger partial charge is 0.266 e. The van der Waals surface area contributed by atoms with Crippen molar-refractivity contribution in [2.75, 3.05) is 32.7 Å². The SMILES string of the molecule is O=C(c1cc(=O)[nH]c2ccccc12)N1CCN(CCn2ncccc2=O)CC1. The molecule has 0 saturated carbocycles. The standard InChI is InChI=1S/C20H21N5O3/c26-18-14-16(15-4-1-2-5-17(15)22-18)20(28)24-11-8-23(9-12-24)10-13-25-19(27)6-3-7-21-25/h1-7,14H,8-13H2,(H,22,26). The second-order valence-corrected chi connectivity index (χ2v) is 6.81. The lowest BCUT2D eigenvalue weighted by molar-refractivity contribution is 0.0633. The fraction of sp³-hybridized carbons (Fsp3) is 0.300. The van der Waals surface area contributed by atoms with Gasteiger partial charge in [-0.05, 0) is 12.1 Å². The molecule has 2 aromatic heterocycles. The molecule has 144 valence electrons. The largest absolute Gasteiger partial charge is 0.336 e.